The maximum Gasteiger partial charge on any atom is 0.173 e. The number of nitrogens with one attached hydrogen (secondary N) is 1. The Bertz CT molecular complexity index is 694. The summed E-state index contributed by atoms with van der Waals surface area (Å²) in [5.41, 5.74) is 4.92. The Labute approximate surface area is 149 Å². The number of nitrogens with zero attached hydrogens (tertiary/aromatic N) is 3. The second-order valence-corrected chi connectivity index (χ2v) is 6.69. The number of aryl methyl sites for hydroxylation is 1. The van der Waals surface area contributed by atoms with Crippen molar-refractivity contribution < 1.29 is 0 Å². The van der Waals surface area contributed by atoms with E-state index < -0.39 is 0 Å². The third kappa shape index (κ3) is 4.10. The molecule has 1 aliphatic rings. The third-order valence-corrected chi connectivity index (χ3v) is 4.99. The number of aromatic nitrogens is 1. The van der Waals surface area contributed by atoms with Crippen LogP contribution in [0.15, 0.2) is 42.7 Å². The monoisotopic (exact) mass is 340 g/mol. The van der Waals surface area contributed by atoms with Gasteiger partial charge in [0, 0.05) is 50.8 Å². The lowest BCUT2D eigenvalue weighted by Gasteiger charge is -2.36. The van der Waals surface area contributed by atoms with Crippen molar-refractivity contribution in [2.24, 2.45) is 0 Å². The minimum atomic E-state index is 0.824. The number of piperazine rings is 1. The van der Waals surface area contributed by atoms with Gasteiger partial charge >= 0.3 is 0 Å². The van der Waals surface area contributed by atoms with Gasteiger partial charge in [-0.2, -0.15) is 0 Å². The lowest BCUT2D eigenvalue weighted by molar-refractivity contribution is 0.177. The van der Waals surface area contributed by atoms with Crippen LogP contribution in [0.2, 0.25) is 0 Å². The highest BCUT2D eigenvalue weighted by atomic mass is 32.1. The molecule has 1 aliphatic heterocycles. The topological polar surface area (TPSA) is 31.4 Å². The fourth-order valence-corrected chi connectivity index (χ4v) is 3.23. The summed E-state index contributed by atoms with van der Waals surface area (Å²) in [5.74, 6) is 0. The molecule has 2 heterocycles. The summed E-state index contributed by atoms with van der Waals surface area (Å²) in [6, 6.07) is 10.4. The Morgan fingerprint density at radius 2 is 1.92 bits per heavy atom. The van der Waals surface area contributed by atoms with Gasteiger partial charge in [-0.3, -0.25) is 9.88 Å². The van der Waals surface area contributed by atoms with Crippen molar-refractivity contribution in [3.05, 3.63) is 59.4 Å². The second-order valence-electron chi connectivity index (χ2n) is 6.30. The van der Waals surface area contributed by atoms with Crippen molar-refractivity contribution in [3.63, 3.8) is 0 Å². The van der Waals surface area contributed by atoms with Gasteiger partial charge in [-0.25, -0.2) is 0 Å². The Hall–Kier alpha value is -1.98. The van der Waals surface area contributed by atoms with E-state index in [1.165, 1.54) is 16.7 Å². The quantitative estimate of drug-likeness (QED) is 0.867. The van der Waals surface area contributed by atoms with Crippen LogP contribution in [0.1, 0.15) is 16.7 Å². The van der Waals surface area contributed by atoms with E-state index in [0.29, 0.717) is 0 Å². The minimum Gasteiger partial charge on any atom is -0.346 e. The molecular weight excluding hydrogens is 316 g/mol. The van der Waals surface area contributed by atoms with E-state index in [9.17, 15) is 0 Å². The first-order valence-corrected chi connectivity index (χ1v) is 8.78. The molecule has 0 unspecified atom stereocenters. The van der Waals surface area contributed by atoms with E-state index in [4.69, 9.17) is 12.2 Å². The normalized spacial score (nSPS) is 15.3. The summed E-state index contributed by atoms with van der Waals surface area (Å²) in [4.78, 5) is 8.90. The van der Waals surface area contributed by atoms with Crippen LogP contribution in [0.4, 0.5) is 5.69 Å². The van der Waals surface area contributed by atoms with Crippen LogP contribution < -0.4 is 5.32 Å². The van der Waals surface area contributed by atoms with E-state index in [1.54, 1.807) is 0 Å². The highest BCUT2D eigenvalue weighted by Crippen LogP contribution is 2.19. The van der Waals surface area contributed by atoms with Gasteiger partial charge in [0.15, 0.2) is 5.11 Å². The number of hydrogen-bond donors (Lipinski definition) is 1. The molecule has 1 fully saturated rings. The Balaban J connectivity index is 1.52. The molecule has 0 radical (unpaired) electrons. The summed E-state index contributed by atoms with van der Waals surface area (Å²) < 4.78 is 0. The maximum atomic E-state index is 5.61. The molecular formula is C19H24N4S. The standard InChI is InChI=1S/C19H24N4S/c1-15-5-3-7-18(16(15)2)21-19(24)23-11-9-22(10-12-23)14-17-6-4-8-20-13-17/h3-8,13H,9-12,14H2,1-2H3,(H,21,24). The van der Waals surface area contributed by atoms with E-state index in [0.717, 1.165) is 43.5 Å². The molecule has 24 heavy (non-hydrogen) atoms. The van der Waals surface area contributed by atoms with Crippen LogP contribution in [0.5, 0.6) is 0 Å². The Morgan fingerprint density at radius 1 is 1.12 bits per heavy atom. The largest absolute Gasteiger partial charge is 0.346 e. The zero-order valence-electron chi connectivity index (χ0n) is 14.3. The molecule has 1 aromatic carbocycles. The zero-order valence-corrected chi connectivity index (χ0v) is 15.1. The van der Waals surface area contributed by atoms with E-state index >= 15 is 0 Å². The maximum absolute atomic E-state index is 5.61. The Kier molecular flexibility index (Phi) is 5.43. The average Bonchev–Trinajstić information content (AvgIpc) is 2.60. The van der Waals surface area contributed by atoms with Crippen LogP contribution in [0.3, 0.4) is 0 Å². The molecule has 0 spiro atoms. The lowest BCUT2D eigenvalue weighted by atomic mass is 10.1. The molecule has 2 aromatic rings. The molecule has 126 valence electrons. The van der Waals surface area contributed by atoms with E-state index in [2.05, 4.69) is 58.2 Å². The van der Waals surface area contributed by atoms with Crippen LogP contribution in [0, 0.1) is 13.8 Å². The molecule has 4 nitrogen and oxygen atoms in total. The summed E-state index contributed by atoms with van der Waals surface area (Å²) >= 11 is 5.61. The van der Waals surface area contributed by atoms with Gasteiger partial charge < -0.3 is 10.2 Å². The van der Waals surface area contributed by atoms with Crippen molar-refractivity contribution in [2.75, 3.05) is 31.5 Å². The molecule has 1 aromatic heterocycles. The third-order valence-electron chi connectivity index (χ3n) is 4.63. The predicted molar refractivity (Wildman–Crippen MR) is 103 cm³/mol. The first-order chi connectivity index (χ1) is 11.6. The SMILES string of the molecule is Cc1cccc(NC(=S)N2CCN(Cc3cccnc3)CC2)c1C. The van der Waals surface area contributed by atoms with Gasteiger partial charge in [0.05, 0.1) is 0 Å². The number of anilines is 1. The highest BCUT2D eigenvalue weighted by molar-refractivity contribution is 7.80. The van der Waals surface area contributed by atoms with Crippen LogP contribution >= 0.6 is 12.2 Å². The van der Waals surface area contributed by atoms with Gasteiger partial charge in [-0.1, -0.05) is 18.2 Å². The fourth-order valence-electron chi connectivity index (χ4n) is 2.94. The summed E-state index contributed by atoms with van der Waals surface area (Å²) in [6.07, 6.45) is 3.76. The van der Waals surface area contributed by atoms with Crippen molar-refractivity contribution in [2.45, 2.75) is 20.4 Å². The summed E-state index contributed by atoms with van der Waals surface area (Å²) in [5, 5.41) is 4.24. The number of rotatable bonds is 3. The summed E-state index contributed by atoms with van der Waals surface area (Å²) in [7, 11) is 0. The van der Waals surface area contributed by atoms with Crippen molar-refractivity contribution >= 4 is 23.0 Å². The number of benzene rings is 1. The number of pyridine rings is 1. The molecule has 0 saturated carbocycles. The molecule has 5 heteroatoms. The van der Waals surface area contributed by atoms with E-state index in [-0.39, 0.29) is 0 Å². The molecule has 0 amide bonds. The van der Waals surface area contributed by atoms with Gasteiger partial charge in [0.25, 0.3) is 0 Å². The molecule has 1 N–H and O–H groups in total. The van der Waals surface area contributed by atoms with Gasteiger partial charge in [-0.05, 0) is 54.9 Å². The predicted octanol–water partition coefficient (Wildman–Crippen LogP) is 3.21. The minimum absolute atomic E-state index is 0.824. The van der Waals surface area contributed by atoms with Gasteiger partial charge in [0.1, 0.15) is 0 Å². The number of hydrogen-bond acceptors (Lipinski definition) is 3. The zero-order chi connectivity index (χ0) is 16.9. The number of thiocarbonyl (C=S) groups is 1. The molecule has 0 aliphatic carbocycles. The highest BCUT2D eigenvalue weighted by Gasteiger charge is 2.19. The van der Waals surface area contributed by atoms with Gasteiger partial charge in [-0.15, -0.1) is 0 Å². The van der Waals surface area contributed by atoms with Crippen LogP contribution in [-0.4, -0.2) is 46.1 Å². The lowest BCUT2D eigenvalue weighted by Crippen LogP contribution is -2.49. The molecule has 0 bridgehead atoms. The molecule has 1 saturated heterocycles. The average molecular weight is 340 g/mol. The van der Waals surface area contributed by atoms with E-state index in [1.807, 2.05) is 18.5 Å². The van der Waals surface area contributed by atoms with Gasteiger partial charge in [0.2, 0.25) is 0 Å². The first-order valence-electron chi connectivity index (χ1n) is 8.37. The van der Waals surface area contributed by atoms with Crippen molar-refractivity contribution in [1.82, 2.24) is 14.8 Å². The summed E-state index contributed by atoms with van der Waals surface area (Å²) in [6.45, 7) is 9.16. The van der Waals surface area contributed by atoms with Crippen molar-refractivity contribution in [1.29, 1.82) is 0 Å². The molecule has 0 atom stereocenters. The fraction of sp³-hybridized carbons (Fsp3) is 0.368. The first kappa shape index (κ1) is 16.9. The smallest absolute Gasteiger partial charge is 0.173 e. The second kappa shape index (κ2) is 7.73. The Morgan fingerprint density at radius 3 is 2.62 bits per heavy atom. The van der Waals surface area contributed by atoms with Crippen molar-refractivity contribution in [3.8, 4) is 0 Å². The van der Waals surface area contributed by atoms with Crippen LogP contribution in [0.25, 0.3) is 0 Å². The molecule has 3 rings (SSSR count). The van der Waals surface area contributed by atoms with Crippen LogP contribution in [-0.2, 0) is 6.54 Å².